The van der Waals surface area contributed by atoms with Gasteiger partial charge in [-0.2, -0.15) is 0 Å². The van der Waals surface area contributed by atoms with Gasteiger partial charge in [-0.15, -0.1) is 11.3 Å². The van der Waals surface area contributed by atoms with Crippen LogP contribution in [0.1, 0.15) is 24.4 Å². The standard InChI is InChI=1S/C16H18N2O2S/c1-11(17-9-13-7-8-20-16(13)19)15-18-14(10-21-15)12-5-3-2-4-6-12/h2-6,10-11,13,17H,7-9H2,1H3. The molecule has 3 rings (SSSR count). The highest BCUT2D eigenvalue weighted by atomic mass is 32.1. The van der Waals surface area contributed by atoms with Crippen LogP contribution in [0.3, 0.4) is 0 Å². The summed E-state index contributed by atoms with van der Waals surface area (Å²) in [6.07, 6.45) is 0.811. The Morgan fingerprint density at radius 1 is 1.43 bits per heavy atom. The summed E-state index contributed by atoms with van der Waals surface area (Å²) in [7, 11) is 0. The van der Waals surface area contributed by atoms with Crippen molar-refractivity contribution in [2.45, 2.75) is 19.4 Å². The molecular weight excluding hydrogens is 284 g/mol. The monoisotopic (exact) mass is 302 g/mol. The van der Waals surface area contributed by atoms with Crippen molar-refractivity contribution in [3.63, 3.8) is 0 Å². The number of nitrogens with zero attached hydrogens (tertiary/aromatic N) is 1. The van der Waals surface area contributed by atoms with Gasteiger partial charge in [0.15, 0.2) is 0 Å². The van der Waals surface area contributed by atoms with Gasteiger partial charge >= 0.3 is 5.97 Å². The van der Waals surface area contributed by atoms with E-state index in [1.165, 1.54) is 0 Å². The molecule has 1 aromatic carbocycles. The van der Waals surface area contributed by atoms with Crippen LogP contribution in [0, 0.1) is 5.92 Å². The van der Waals surface area contributed by atoms with E-state index in [1.807, 2.05) is 18.2 Å². The molecule has 0 radical (unpaired) electrons. The lowest BCUT2D eigenvalue weighted by atomic mass is 10.1. The third-order valence-electron chi connectivity index (χ3n) is 3.68. The molecule has 0 bridgehead atoms. The van der Waals surface area contributed by atoms with E-state index in [1.54, 1.807) is 11.3 Å². The van der Waals surface area contributed by atoms with Crippen molar-refractivity contribution in [3.05, 3.63) is 40.7 Å². The zero-order chi connectivity index (χ0) is 14.7. The van der Waals surface area contributed by atoms with E-state index in [0.717, 1.165) is 22.7 Å². The number of benzene rings is 1. The summed E-state index contributed by atoms with van der Waals surface area (Å²) in [5.74, 6) is -0.0974. The van der Waals surface area contributed by atoms with E-state index in [9.17, 15) is 4.79 Å². The second-order valence-corrected chi connectivity index (χ2v) is 6.11. The summed E-state index contributed by atoms with van der Waals surface area (Å²) in [5, 5.41) is 6.50. The van der Waals surface area contributed by atoms with Gasteiger partial charge in [-0.05, 0) is 13.3 Å². The Morgan fingerprint density at radius 2 is 2.24 bits per heavy atom. The van der Waals surface area contributed by atoms with Gasteiger partial charge in [0.05, 0.1) is 24.3 Å². The Labute approximate surface area is 128 Å². The molecule has 1 saturated heterocycles. The minimum atomic E-state index is -0.0844. The Kier molecular flexibility index (Phi) is 4.31. The predicted molar refractivity (Wildman–Crippen MR) is 83.0 cm³/mol. The molecule has 0 spiro atoms. The van der Waals surface area contributed by atoms with E-state index in [0.29, 0.717) is 13.2 Å². The lowest BCUT2D eigenvalue weighted by Gasteiger charge is -2.13. The van der Waals surface area contributed by atoms with Crippen molar-refractivity contribution in [1.82, 2.24) is 10.3 Å². The second-order valence-electron chi connectivity index (χ2n) is 5.22. The number of carbonyl (C=O) groups is 1. The molecule has 0 aliphatic carbocycles. The van der Waals surface area contributed by atoms with Crippen LogP contribution in [0.2, 0.25) is 0 Å². The van der Waals surface area contributed by atoms with Gasteiger partial charge in [-0.3, -0.25) is 4.79 Å². The van der Waals surface area contributed by atoms with E-state index >= 15 is 0 Å². The molecule has 1 aromatic heterocycles. The quantitative estimate of drug-likeness (QED) is 0.863. The van der Waals surface area contributed by atoms with Crippen molar-refractivity contribution in [2.75, 3.05) is 13.2 Å². The van der Waals surface area contributed by atoms with Crippen LogP contribution in [0.25, 0.3) is 11.3 Å². The number of hydrogen-bond acceptors (Lipinski definition) is 5. The summed E-state index contributed by atoms with van der Waals surface area (Å²) in [5.41, 5.74) is 2.14. The van der Waals surface area contributed by atoms with Crippen LogP contribution in [-0.4, -0.2) is 24.1 Å². The van der Waals surface area contributed by atoms with E-state index in [2.05, 4.69) is 34.7 Å². The topological polar surface area (TPSA) is 51.2 Å². The van der Waals surface area contributed by atoms with Crippen molar-refractivity contribution in [3.8, 4) is 11.3 Å². The first-order valence-electron chi connectivity index (χ1n) is 7.15. The minimum Gasteiger partial charge on any atom is -0.465 e. The molecule has 21 heavy (non-hydrogen) atoms. The molecule has 110 valence electrons. The van der Waals surface area contributed by atoms with Crippen molar-refractivity contribution in [1.29, 1.82) is 0 Å². The molecule has 1 aliphatic rings. The van der Waals surface area contributed by atoms with Crippen LogP contribution in [0.15, 0.2) is 35.7 Å². The van der Waals surface area contributed by atoms with Gasteiger partial charge in [-0.25, -0.2) is 4.98 Å². The Bertz CT molecular complexity index is 612. The van der Waals surface area contributed by atoms with Crippen LogP contribution in [0.4, 0.5) is 0 Å². The van der Waals surface area contributed by atoms with Crippen molar-refractivity contribution >= 4 is 17.3 Å². The molecular formula is C16H18N2O2S. The minimum absolute atomic E-state index is 0.0130. The lowest BCUT2D eigenvalue weighted by molar-refractivity contribution is -0.141. The first-order chi connectivity index (χ1) is 10.2. The number of cyclic esters (lactones) is 1. The number of thiazole rings is 1. The highest BCUT2D eigenvalue weighted by Gasteiger charge is 2.26. The summed E-state index contributed by atoms with van der Waals surface area (Å²) in [6, 6.07) is 10.3. The van der Waals surface area contributed by atoms with E-state index in [-0.39, 0.29) is 17.9 Å². The van der Waals surface area contributed by atoms with Crippen molar-refractivity contribution < 1.29 is 9.53 Å². The van der Waals surface area contributed by atoms with Gasteiger partial charge < -0.3 is 10.1 Å². The number of ether oxygens (including phenoxy) is 1. The average Bonchev–Trinajstić information content (AvgIpc) is 3.15. The highest BCUT2D eigenvalue weighted by molar-refractivity contribution is 7.10. The fraction of sp³-hybridized carbons (Fsp3) is 0.375. The van der Waals surface area contributed by atoms with E-state index in [4.69, 9.17) is 4.74 Å². The number of rotatable bonds is 5. The Morgan fingerprint density at radius 3 is 2.95 bits per heavy atom. The zero-order valence-corrected chi connectivity index (χ0v) is 12.7. The lowest BCUT2D eigenvalue weighted by Crippen LogP contribution is -2.28. The molecule has 2 aromatic rings. The van der Waals surface area contributed by atoms with Gasteiger partial charge in [0.25, 0.3) is 0 Å². The number of esters is 1. The largest absolute Gasteiger partial charge is 0.465 e. The normalized spacial score (nSPS) is 19.5. The summed E-state index contributed by atoms with van der Waals surface area (Å²) < 4.78 is 4.97. The molecule has 1 aliphatic heterocycles. The fourth-order valence-corrected chi connectivity index (χ4v) is 3.22. The van der Waals surface area contributed by atoms with Gasteiger partial charge in [0.2, 0.25) is 0 Å². The van der Waals surface area contributed by atoms with Gasteiger partial charge in [0, 0.05) is 17.5 Å². The summed E-state index contributed by atoms with van der Waals surface area (Å²) in [6.45, 7) is 3.28. The molecule has 0 amide bonds. The molecule has 2 heterocycles. The number of carbonyl (C=O) groups excluding carboxylic acids is 1. The fourth-order valence-electron chi connectivity index (χ4n) is 2.36. The molecule has 1 N–H and O–H groups in total. The Balaban J connectivity index is 1.61. The van der Waals surface area contributed by atoms with E-state index < -0.39 is 0 Å². The van der Waals surface area contributed by atoms with Crippen LogP contribution < -0.4 is 5.32 Å². The second kappa shape index (κ2) is 6.37. The maximum atomic E-state index is 11.4. The number of hydrogen-bond donors (Lipinski definition) is 1. The molecule has 5 heteroatoms. The molecule has 2 atom stereocenters. The van der Waals surface area contributed by atoms with Gasteiger partial charge in [-0.1, -0.05) is 30.3 Å². The van der Waals surface area contributed by atoms with Crippen LogP contribution in [-0.2, 0) is 9.53 Å². The molecule has 0 saturated carbocycles. The summed E-state index contributed by atoms with van der Waals surface area (Å²) >= 11 is 1.65. The smallest absolute Gasteiger partial charge is 0.310 e. The highest BCUT2D eigenvalue weighted by Crippen LogP contribution is 2.25. The average molecular weight is 302 g/mol. The van der Waals surface area contributed by atoms with Gasteiger partial charge in [0.1, 0.15) is 5.01 Å². The van der Waals surface area contributed by atoms with Crippen molar-refractivity contribution in [2.24, 2.45) is 5.92 Å². The predicted octanol–water partition coefficient (Wildman–Crippen LogP) is 3.02. The summed E-state index contributed by atoms with van der Waals surface area (Å²) in [4.78, 5) is 16.1. The zero-order valence-electron chi connectivity index (χ0n) is 11.9. The molecule has 2 unspecified atom stereocenters. The maximum Gasteiger partial charge on any atom is 0.310 e. The molecule has 1 fully saturated rings. The first-order valence-corrected chi connectivity index (χ1v) is 8.03. The third-order valence-corrected chi connectivity index (χ3v) is 4.70. The Hall–Kier alpha value is -1.72. The first kappa shape index (κ1) is 14.2. The SMILES string of the molecule is CC(NCC1CCOC1=O)c1nc(-c2ccccc2)cs1. The third kappa shape index (κ3) is 3.31. The maximum absolute atomic E-state index is 11.4. The molecule has 4 nitrogen and oxygen atoms in total. The number of nitrogens with one attached hydrogen (secondary N) is 1. The number of aromatic nitrogens is 1. The van der Waals surface area contributed by atoms with Crippen LogP contribution >= 0.6 is 11.3 Å². The van der Waals surface area contributed by atoms with Crippen LogP contribution in [0.5, 0.6) is 0 Å².